The summed E-state index contributed by atoms with van der Waals surface area (Å²) in [5.41, 5.74) is 2.29. The lowest BCUT2D eigenvalue weighted by Gasteiger charge is -2.53. The summed E-state index contributed by atoms with van der Waals surface area (Å²) in [5.74, 6) is 1.01. The molecule has 4 rings (SSSR count). The Balaban J connectivity index is 1.27. The van der Waals surface area contributed by atoms with Crippen molar-refractivity contribution >= 4 is 0 Å². The predicted octanol–water partition coefficient (Wildman–Crippen LogP) is 2.93. The quantitative estimate of drug-likeness (QED) is 0.844. The molecule has 5 heteroatoms. The monoisotopic (exact) mass is 328 g/mol. The highest BCUT2D eigenvalue weighted by Crippen LogP contribution is 2.36. The van der Waals surface area contributed by atoms with Crippen molar-refractivity contribution in [2.45, 2.75) is 44.6 Å². The van der Waals surface area contributed by atoms with Gasteiger partial charge < -0.3 is 13.9 Å². The van der Waals surface area contributed by atoms with Crippen molar-refractivity contribution in [2.75, 3.05) is 19.7 Å². The van der Waals surface area contributed by atoms with E-state index < -0.39 is 0 Å². The zero-order chi connectivity index (χ0) is 16.4. The van der Waals surface area contributed by atoms with Crippen LogP contribution in [0.3, 0.4) is 0 Å². The molecule has 1 atom stereocenters. The number of nitrogens with zero attached hydrogens (tertiary/aromatic N) is 2. The van der Waals surface area contributed by atoms with E-state index in [4.69, 9.17) is 13.9 Å². The Morgan fingerprint density at radius 1 is 1.38 bits per heavy atom. The second-order valence-corrected chi connectivity index (χ2v) is 7.05. The van der Waals surface area contributed by atoms with Gasteiger partial charge in [0.05, 0.1) is 31.1 Å². The van der Waals surface area contributed by atoms with Crippen LogP contribution in [0, 0.1) is 6.92 Å². The zero-order valence-electron chi connectivity index (χ0n) is 14.1. The maximum atomic E-state index is 6.14. The molecule has 0 amide bonds. The molecule has 0 bridgehead atoms. The Hall–Kier alpha value is -1.69. The molecule has 24 heavy (non-hydrogen) atoms. The average molecular weight is 328 g/mol. The first-order valence-corrected chi connectivity index (χ1v) is 8.62. The molecule has 2 fully saturated rings. The SMILES string of the molecule is Cc1cncc(CO[C@H]2CCOC3(C2)CN(Cc2ccco2)C3)c1. The zero-order valence-corrected chi connectivity index (χ0v) is 14.1. The van der Waals surface area contributed by atoms with Crippen LogP contribution in [-0.2, 0) is 22.6 Å². The maximum Gasteiger partial charge on any atom is 0.117 e. The van der Waals surface area contributed by atoms with Crippen LogP contribution < -0.4 is 0 Å². The van der Waals surface area contributed by atoms with Gasteiger partial charge in [0.15, 0.2) is 0 Å². The van der Waals surface area contributed by atoms with E-state index in [2.05, 4.69) is 22.9 Å². The van der Waals surface area contributed by atoms with Gasteiger partial charge in [0.25, 0.3) is 0 Å². The summed E-state index contributed by atoms with van der Waals surface area (Å²) in [6.07, 6.45) is 7.70. The molecule has 4 heterocycles. The van der Waals surface area contributed by atoms with Crippen molar-refractivity contribution < 1.29 is 13.9 Å². The largest absolute Gasteiger partial charge is 0.468 e. The highest BCUT2D eigenvalue weighted by atomic mass is 16.5. The molecule has 0 aromatic carbocycles. The number of hydrogen-bond acceptors (Lipinski definition) is 5. The number of likely N-dealkylation sites (tertiary alicyclic amines) is 1. The lowest BCUT2D eigenvalue weighted by Crippen LogP contribution is -2.65. The Labute approximate surface area is 142 Å². The van der Waals surface area contributed by atoms with Crippen LogP contribution >= 0.6 is 0 Å². The molecular weight excluding hydrogens is 304 g/mol. The molecule has 0 unspecified atom stereocenters. The van der Waals surface area contributed by atoms with Gasteiger partial charge >= 0.3 is 0 Å². The van der Waals surface area contributed by atoms with E-state index in [9.17, 15) is 0 Å². The van der Waals surface area contributed by atoms with Gasteiger partial charge in [-0.15, -0.1) is 0 Å². The Kier molecular flexibility index (Phi) is 4.39. The Morgan fingerprint density at radius 3 is 3.08 bits per heavy atom. The lowest BCUT2D eigenvalue weighted by molar-refractivity contribution is -0.201. The molecule has 2 aromatic rings. The predicted molar refractivity (Wildman–Crippen MR) is 89.5 cm³/mol. The third-order valence-electron chi connectivity index (χ3n) is 4.85. The van der Waals surface area contributed by atoms with Crippen LogP contribution in [0.25, 0.3) is 0 Å². The normalized spacial score (nSPS) is 23.3. The third kappa shape index (κ3) is 3.53. The van der Waals surface area contributed by atoms with Gasteiger partial charge in [-0.1, -0.05) is 6.07 Å². The highest BCUT2D eigenvalue weighted by Gasteiger charge is 2.47. The molecule has 2 aromatic heterocycles. The molecular formula is C19H24N2O3. The van der Waals surface area contributed by atoms with E-state index in [1.807, 2.05) is 24.5 Å². The molecule has 2 aliphatic rings. The van der Waals surface area contributed by atoms with E-state index in [1.54, 1.807) is 6.26 Å². The highest BCUT2D eigenvalue weighted by molar-refractivity contribution is 5.15. The van der Waals surface area contributed by atoms with Crippen LogP contribution in [0.2, 0.25) is 0 Å². The molecule has 0 radical (unpaired) electrons. The van der Waals surface area contributed by atoms with E-state index in [0.717, 1.165) is 50.4 Å². The van der Waals surface area contributed by atoms with Crippen LogP contribution in [0.15, 0.2) is 41.3 Å². The van der Waals surface area contributed by atoms with Crippen molar-refractivity contribution in [3.8, 4) is 0 Å². The molecule has 5 nitrogen and oxygen atoms in total. The minimum Gasteiger partial charge on any atom is -0.468 e. The minimum absolute atomic E-state index is 0.0274. The van der Waals surface area contributed by atoms with Crippen molar-refractivity contribution in [3.05, 3.63) is 53.7 Å². The van der Waals surface area contributed by atoms with Crippen molar-refractivity contribution in [1.82, 2.24) is 9.88 Å². The summed E-state index contributed by atoms with van der Waals surface area (Å²) >= 11 is 0. The van der Waals surface area contributed by atoms with Crippen LogP contribution in [0.4, 0.5) is 0 Å². The van der Waals surface area contributed by atoms with Crippen molar-refractivity contribution in [3.63, 3.8) is 0 Å². The summed E-state index contributed by atoms with van der Waals surface area (Å²) in [7, 11) is 0. The Morgan fingerprint density at radius 2 is 2.29 bits per heavy atom. The van der Waals surface area contributed by atoms with E-state index in [1.165, 1.54) is 5.56 Å². The summed E-state index contributed by atoms with van der Waals surface area (Å²) in [5, 5.41) is 0. The molecule has 128 valence electrons. The number of furan rings is 1. The minimum atomic E-state index is -0.0274. The fraction of sp³-hybridized carbons (Fsp3) is 0.526. The van der Waals surface area contributed by atoms with Gasteiger partial charge in [-0.05, 0) is 36.6 Å². The first-order chi connectivity index (χ1) is 11.7. The number of aromatic nitrogens is 1. The second kappa shape index (κ2) is 6.67. The number of aryl methyl sites for hydroxylation is 1. The van der Waals surface area contributed by atoms with Gasteiger partial charge in [0.2, 0.25) is 0 Å². The molecule has 0 aliphatic carbocycles. The van der Waals surface area contributed by atoms with Crippen molar-refractivity contribution in [1.29, 1.82) is 0 Å². The molecule has 2 aliphatic heterocycles. The fourth-order valence-electron chi connectivity index (χ4n) is 3.76. The smallest absolute Gasteiger partial charge is 0.117 e. The summed E-state index contributed by atoms with van der Waals surface area (Å²) in [6.45, 7) is 6.25. The summed E-state index contributed by atoms with van der Waals surface area (Å²) in [4.78, 5) is 6.60. The van der Waals surface area contributed by atoms with E-state index in [0.29, 0.717) is 6.61 Å². The fourth-order valence-corrected chi connectivity index (χ4v) is 3.76. The second-order valence-electron chi connectivity index (χ2n) is 7.05. The molecule has 1 spiro atoms. The van der Waals surface area contributed by atoms with Crippen LogP contribution in [0.1, 0.15) is 29.7 Å². The molecule has 2 saturated heterocycles. The summed E-state index contributed by atoms with van der Waals surface area (Å²) < 4.78 is 17.6. The maximum absolute atomic E-state index is 6.14. The average Bonchev–Trinajstić information content (AvgIpc) is 3.05. The first kappa shape index (κ1) is 15.8. The van der Waals surface area contributed by atoms with Gasteiger partial charge in [-0.25, -0.2) is 0 Å². The van der Waals surface area contributed by atoms with E-state index >= 15 is 0 Å². The van der Waals surface area contributed by atoms with E-state index in [-0.39, 0.29) is 11.7 Å². The number of hydrogen-bond donors (Lipinski definition) is 0. The van der Waals surface area contributed by atoms with Gasteiger partial charge in [-0.2, -0.15) is 0 Å². The van der Waals surface area contributed by atoms with Crippen LogP contribution in [0.5, 0.6) is 0 Å². The van der Waals surface area contributed by atoms with Gasteiger partial charge in [-0.3, -0.25) is 9.88 Å². The topological polar surface area (TPSA) is 47.7 Å². The standard InChI is InChI=1S/C19H24N2O3/c1-15-7-16(10-20-9-15)12-23-17-4-6-24-19(8-17)13-21(14-19)11-18-3-2-5-22-18/h2-3,5,7,9-10,17H,4,6,8,11-14H2,1H3/t17-/m0/s1. The first-order valence-electron chi connectivity index (χ1n) is 8.62. The molecule has 0 N–H and O–H groups in total. The summed E-state index contributed by atoms with van der Waals surface area (Å²) in [6, 6.07) is 6.09. The van der Waals surface area contributed by atoms with Crippen LogP contribution in [-0.4, -0.2) is 41.3 Å². The molecule has 0 saturated carbocycles. The van der Waals surface area contributed by atoms with Gasteiger partial charge in [0, 0.05) is 38.5 Å². The Bertz CT molecular complexity index is 665. The van der Waals surface area contributed by atoms with Gasteiger partial charge in [0.1, 0.15) is 5.76 Å². The lowest BCUT2D eigenvalue weighted by atomic mass is 9.84. The van der Waals surface area contributed by atoms with Crippen molar-refractivity contribution in [2.24, 2.45) is 0 Å². The third-order valence-corrected chi connectivity index (χ3v) is 4.85. The number of pyridine rings is 1. The number of rotatable bonds is 5. The number of ether oxygens (including phenoxy) is 2.